The molecule has 5 heteroatoms. The fourth-order valence-electron chi connectivity index (χ4n) is 1.87. The normalized spacial score (nSPS) is 9.95. The van der Waals surface area contributed by atoms with Gasteiger partial charge in [0.25, 0.3) is 0 Å². The number of carbonyl (C=O) groups excluding carboxylic acids is 1. The van der Waals surface area contributed by atoms with E-state index in [0.717, 1.165) is 16.9 Å². The summed E-state index contributed by atoms with van der Waals surface area (Å²) >= 11 is 0. The third-order valence-corrected chi connectivity index (χ3v) is 2.96. The summed E-state index contributed by atoms with van der Waals surface area (Å²) in [7, 11) is 0. The number of carbonyl (C=O) groups is 2. The third-order valence-electron chi connectivity index (χ3n) is 2.96. The van der Waals surface area contributed by atoms with Crippen LogP contribution in [0.1, 0.15) is 22.8 Å². The smallest absolute Gasteiger partial charge is 0.404 e. The van der Waals surface area contributed by atoms with E-state index in [1.165, 1.54) is 6.92 Å². The Morgan fingerprint density at radius 3 is 2.38 bits per heavy atom. The SMILES string of the molecule is CC(=O)c1cccc(Nc2ccc(CNC(=O)O)cc2)c1. The fraction of sp³-hybridized carbons (Fsp3) is 0.125. The molecule has 0 saturated carbocycles. The monoisotopic (exact) mass is 284 g/mol. The minimum absolute atomic E-state index is 0.0220. The van der Waals surface area contributed by atoms with Gasteiger partial charge in [-0.25, -0.2) is 4.79 Å². The Morgan fingerprint density at radius 1 is 1.05 bits per heavy atom. The second kappa shape index (κ2) is 6.56. The van der Waals surface area contributed by atoms with Crippen molar-refractivity contribution in [1.82, 2.24) is 5.32 Å². The van der Waals surface area contributed by atoms with Crippen molar-refractivity contribution in [3.63, 3.8) is 0 Å². The quantitative estimate of drug-likeness (QED) is 0.735. The van der Waals surface area contributed by atoms with Gasteiger partial charge >= 0.3 is 6.09 Å². The van der Waals surface area contributed by atoms with Gasteiger partial charge in [-0.05, 0) is 36.8 Å². The average Bonchev–Trinajstić information content (AvgIpc) is 2.47. The van der Waals surface area contributed by atoms with E-state index < -0.39 is 6.09 Å². The van der Waals surface area contributed by atoms with Crippen molar-refractivity contribution in [2.24, 2.45) is 0 Å². The van der Waals surface area contributed by atoms with Crippen molar-refractivity contribution in [2.45, 2.75) is 13.5 Å². The van der Waals surface area contributed by atoms with E-state index >= 15 is 0 Å². The van der Waals surface area contributed by atoms with Crippen molar-refractivity contribution >= 4 is 23.3 Å². The first kappa shape index (κ1) is 14.6. The number of hydrogen-bond donors (Lipinski definition) is 3. The molecule has 0 unspecified atom stereocenters. The Labute approximate surface area is 122 Å². The van der Waals surface area contributed by atoms with Gasteiger partial charge in [-0.15, -0.1) is 0 Å². The van der Waals surface area contributed by atoms with Crippen LogP contribution < -0.4 is 10.6 Å². The Morgan fingerprint density at radius 2 is 1.76 bits per heavy atom. The van der Waals surface area contributed by atoms with E-state index in [-0.39, 0.29) is 12.3 Å². The van der Waals surface area contributed by atoms with Crippen LogP contribution in [0.5, 0.6) is 0 Å². The summed E-state index contributed by atoms with van der Waals surface area (Å²) in [6.45, 7) is 1.80. The van der Waals surface area contributed by atoms with Gasteiger partial charge in [0.1, 0.15) is 0 Å². The predicted molar refractivity (Wildman–Crippen MR) is 81.0 cm³/mol. The van der Waals surface area contributed by atoms with Crippen LogP contribution in [0.15, 0.2) is 48.5 Å². The molecule has 108 valence electrons. The molecule has 0 saturated heterocycles. The molecule has 3 N–H and O–H groups in total. The first-order valence-corrected chi connectivity index (χ1v) is 6.48. The van der Waals surface area contributed by atoms with E-state index in [9.17, 15) is 9.59 Å². The predicted octanol–water partition coefficient (Wildman–Crippen LogP) is 3.40. The average molecular weight is 284 g/mol. The zero-order valence-electron chi connectivity index (χ0n) is 11.6. The van der Waals surface area contributed by atoms with Crippen LogP contribution in [0.4, 0.5) is 16.2 Å². The number of benzene rings is 2. The Balaban J connectivity index is 2.04. The molecular weight excluding hydrogens is 268 g/mol. The molecule has 0 heterocycles. The molecule has 5 nitrogen and oxygen atoms in total. The van der Waals surface area contributed by atoms with Gasteiger partial charge in [-0.3, -0.25) is 4.79 Å². The lowest BCUT2D eigenvalue weighted by Crippen LogP contribution is -2.19. The van der Waals surface area contributed by atoms with Crippen molar-refractivity contribution < 1.29 is 14.7 Å². The van der Waals surface area contributed by atoms with Crippen molar-refractivity contribution in [2.75, 3.05) is 5.32 Å². The Hall–Kier alpha value is -2.82. The number of amides is 1. The van der Waals surface area contributed by atoms with Gasteiger partial charge in [0.15, 0.2) is 5.78 Å². The zero-order chi connectivity index (χ0) is 15.2. The molecule has 0 aliphatic rings. The Kier molecular flexibility index (Phi) is 4.56. The van der Waals surface area contributed by atoms with Crippen LogP contribution in [0.25, 0.3) is 0 Å². The maximum Gasteiger partial charge on any atom is 0.404 e. The first-order valence-electron chi connectivity index (χ1n) is 6.48. The van der Waals surface area contributed by atoms with Crippen molar-refractivity contribution in [1.29, 1.82) is 0 Å². The highest BCUT2D eigenvalue weighted by molar-refractivity contribution is 5.95. The molecule has 21 heavy (non-hydrogen) atoms. The minimum Gasteiger partial charge on any atom is -0.465 e. The molecule has 2 rings (SSSR count). The Bertz CT molecular complexity index is 651. The first-order chi connectivity index (χ1) is 10.0. The molecule has 2 aromatic carbocycles. The number of ketones is 1. The van der Waals surface area contributed by atoms with Crippen LogP contribution in [0.3, 0.4) is 0 Å². The molecule has 0 fully saturated rings. The lowest BCUT2D eigenvalue weighted by molar-refractivity contribution is 0.101. The molecule has 0 bridgehead atoms. The standard InChI is InChI=1S/C16H16N2O3/c1-11(19)13-3-2-4-15(9-13)18-14-7-5-12(6-8-14)10-17-16(20)21/h2-9,17-18H,10H2,1H3,(H,20,21). The largest absolute Gasteiger partial charge is 0.465 e. The highest BCUT2D eigenvalue weighted by Crippen LogP contribution is 2.18. The molecule has 0 atom stereocenters. The van der Waals surface area contributed by atoms with Crippen molar-refractivity contribution in [3.8, 4) is 0 Å². The van der Waals surface area contributed by atoms with E-state index in [1.807, 2.05) is 36.4 Å². The summed E-state index contributed by atoms with van der Waals surface area (Å²) in [5.41, 5.74) is 3.23. The maximum absolute atomic E-state index is 11.3. The van der Waals surface area contributed by atoms with Gasteiger partial charge in [0.2, 0.25) is 0 Å². The zero-order valence-corrected chi connectivity index (χ0v) is 11.6. The lowest BCUT2D eigenvalue weighted by atomic mass is 10.1. The topological polar surface area (TPSA) is 78.4 Å². The van der Waals surface area contributed by atoms with Crippen LogP contribution in [0, 0.1) is 0 Å². The maximum atomic E-state index is 11.3. The highest BCUT2D eigenvalue weighted by Gasteiger charge is 2.01. The summed E-state index contributed by atoms with van der Waals surface area (Å²) in [6.07, 6.45) is -1.04. The number of nitrogens with one attached hydrogen (secondary N) is 2. The summed E-state index contributed by atoms with van der Waals surface area (Å²) in [5, 5.41) is 14.1. The van der Waals surface area contributed by atoms with E-state index in [4.69, 9.17) is 5.11 Å². The van der Waals surface area contributed by atoms with Gasteiger partial charge < -0.3 is 15.7 Å². The van der Waals surface area contributed by atoms with E-state index in [1.54, 1.807) is 12.1 Å². The van der Waals surface area contributed by atoms with Gasteiger partial charge in [-0.2, -0.15) is 0 Å². The second-order valence-corrected chi connectivity index (χ2v) is 4.62. The second-order valence-electron chi connectivity index (χ2n) is 4.62. The molecule has 0 aliphatic carbocycles. The summed E-state index contributed by atoms with van der Waals surface area (Å²) in [6, 6.07) is 14.7. The lowest BCUT2D eigenvalue weighted by Gasteiger charge is -2.08. The van der Waals surface area contributed by atoms with Crippen LogP contribution in [0.2, 0.25) is 0 Å². The van der Waals surface area contributed by atoms with Crippen LogP contribution in [-0.2, 0) is 6.54 Å². The molecule has 0 spiro atoms. The van der Waals surface area contributed by atoms with Crippen molar-refractivity contribution in [3.05, 3.63) is 59.7 Å². The molecular formula is C16H16N2O3. The third kappa shape index (κ3) is 4.35. The molecule has 0 radical (unpaired) electrons. The number of Topliss-reactive ketones (excluding diaryl/α,β-unsaturated/α-hetero) is 1. The summed E-state index contributed by atoms with van der Waals surface area (Å²) in [5.74, 6) is 0.0220. The molecule has 0 aromatic heterocycles. The summed E-state index contributed by atoms with van der Waals surface area (Å²) < 4.78 is 0. The van der Waals surface area contributed by atoms with Crippen LogP contribution in [-0.4, -0.2) is 17.0 Å². The number of rotatable bonds is 5. The minimum atomic E-state index is -1.04. The summed E-state index contributed by atoms with van der Waals surface area (Å²) in [4.78, 5) is 21.8. The van der Waals surface area contributed by atoms with Gasteiger partial charge in [0, 0.05) is 23.5 Å². The van der Waals surface area contributed by atoms with E-state index in [2.05, 4.69) is 10.6 Å². The fourth-order valence-corrected chi connectivity index (χ4v) is 1.87. The number of hydrogen-bond acceptors (Lipinski definition) is 3. The van der Waals surface area contributed by atoms with Gasteiger partial charge in [-0.1, -0.05) is 24.3 Å². The molecule has 1 amide bonds. The van der Waals surface area contributed by atoms with Crippen LogP contribution >= 0.6 is 0 Å². The molecule has 0 aliphatic heterocycles. The number of carboxylic acid groups (broad SMARTS) is 1. The van der Waals surface area contributed by atoms with E-state index in [0.29, 0.717) is 5.56 Å². The number of anilines is 2. The van der Waals surface area contributed by atoms with Gasteiger partial charge in [0.05, 0.1) is 0 Å². The highest BCUT2D eigenvalue weighted by atomic mass is 16.4. The molecule has 2 aromatic rings.